The van der Waals surface area contributed by atoms with Gasteiger partial charge in [0.05, 0.1) is 27.2 Å². The highest BCUT2D eigenvalue weighted by atomic mass is 79.9. The maximum absolute atomic E-state index is 10.0. The summed E-state index contributed by atoms with van der Waals surface area (Å²) in [6, 6.07) is 5.86. The first-order valence-electron chi connectivity index (χ1n) is 7.00. The molecule has 6 heteroatoms. The van der Waals surface area contributed by atoms with Gasteiger partial charge < -0.3 is 15.0 Å². The number of aryl methyl sites for hydroxylation is 1. The van der Waals surface area contributed by atoms with E-state index in [1.54, 1.807) is 17.8 Å². The van der Waals surface area contributed by atoms with E-state index in [9.17, 15) is 5.11 Å². The number of phenols is 1. The lowest BCUT2D eigenvalue weighted by atomic mass is 10.1. The number of rotatable bonds is 4. The van der Waals surface area contributed by atoms with Gasteiger partial charge in [0.25, 0.3) is 0 Å². The Hall–Kier alpha value is -1.24. The number of hydrogen-bond donors (Lipinski definition) is 2. The van der Waals surface area contributed by atoms with Gasteiger partial charge in [-0.05, 0) is 47.4 Å². The van der Waals surface area contributed by atoms with Crippen LogP contribution in [0.15, 0.2) is 28.9 Å². The summed E-state index contributed by atoms with van der Waals surface area (Å²) in [5.41, 5.74) is 3.23. The molecule has 2 aromatic heterocycles. The molecule has 4 nitrogen and oxygen atoms in total. The number of pyridine rings is 1. The molecule has 0 bridgehead atoms. The molecule has 0 saturated heterocycles. The molecular formula is C16H18BrN3OS. The quantitative estimate of drug-likeness (QED) is 0.723. The van der Waals surface area contributed by atoms with E-state index in [0.717, 1.165) is 37.7 Å². The summed E-state index contributed by atoms with van der Waals surface area (Å²) in [6.45, 7) is 0. The van der Waals surface area contributed by atoms with Crippen molar-refractivity contribution < 1.29 is 5.11 Å². The Kier molecular flexibility index (Phi) is 4.34. The molecule has 0 radical (unpaired) electrons. The first-order chi connectivity index (χ1) is 10.6. The van der Waals surface area contributed by atoms with Gasteiger partial charge in [0.15, 0.2) is 0 Å². The highest BCUT2D eigenvalue weighted by molar-refractivity contribution is 9.10. The second-order valence-corrected chi connectivity index (χ2v) is 6.94. The number of nitrogens with one attached hydrogen (secondary N) is 1. The van der Waals surface area contributed by atoms with Crippen LogP contribution in [-0.2, 0) is 7.05 Å². The van der Waals surface area contributed by atoms with Gasteiger partial charge in [-0.1, -0.05) is 0 Å². The number of halogens is 1. The topological polar surface area (TPSA) is 50.1 Å². The fourth-order valence-electron chi connectivity index (χ4n) is 2.96. The van der Waals surface area contributed by atoms with Crippen LogP contribution in [0.25, 0.3) is 21.8 Å². The second kappa shape index (κ2) is 6.10. The van der Waals surface area contributed by atoms with Crippen molar-refractivity contribution in [1.29, 1.82) is 0 Å². The predicted octanol–water partition coefficient (Wildman–Crippen LogP) is 3.82. The summed E-state index contributed by atoms with van der Waals surface area (Å²) in [5, 5.41) is 15.5. The Morgan fingerprint density at radius 3 is 2.86 bits per heavy atom. The largest absolute Gasteiger partial charge is 0.507 e. The minimum Gasteiger partial charge on any atom is -0.507 e. The zero-order chi connectivity index (χ0) is 15.9. The fraction of sp³-hybridized carbons (Fsp3) is 0.312. The lowest BCUT2D eigenvalue weighted by Crippen LogP contribution is -2.20. The highest BCUT2D eigenvalue weighted by Crippen LogP contribution is 2.40. The van der Waals surface area contributed by atoms with Crippen molar-refractivity contribution in [3.8, 4) is 5.75 Å². The summed E-state index contributed by atoms with van der Waals surface area (Å²) >= 11 is 5.32. The Morgan fingerprint density at radius 1 is 1.41 bits per heavy atom. The van der Waals surface area contributed by atoms with Gasteiger partial charge >= 0.3 is 0 Å². The van der Waals surface area contributed by atoms with E-state index in [0.29, 0.717) is 0 Å². The molecule has 1 atom stereocenters. The Labute approximate surface area is 142 Å². The fourth-order valence-corrected chi connectivity index (χ4v) is 4.16. The van der Waals surface area contributed by atoms with Crippen molar-refractivity contribution in [2.75, 3.05) is 19.1 Å². The molecule has 3 rings (SSSR count). The van der Waals surface area contributed by atoms with Gasteiger partial charge in [0, 0.05) is 29.8 Å². The van der Waals surface area contributed by atoms with E-state index in [1.807, 2.05) is 32.4 Å². The zero-order valence-electron chi connectivity index (χ0n) is 12.7. The Balaban J connectivity index is 2.40. The van der Waals surface area contributed by atoms with Gasteiger partial charge in [-0.3, -0.25) is 4.98 Å². The van der Waals surface area contributed by atoms with Crippen LogP contribution >= 0.6 is 27.7 Å². The van der Waals surface area contributed by atoms with E-state index in [2.05, 4.69) is 37.1 Å². The first kappa shape index (κ1) is 15.6. The SMILES string of the molecule is CN[C@@H](CSC)c1nccc2c3c(Br)c(O)ccc3n(C)c12. The number of benzene rings is 1. The maximum Gasteiger partial charge on any atom is 0.130 e. The molecule has 0 aliphatic carbocycles. The Morgan fingerprint density at radius 2 is 2.18 bits per heavy atom. The summed E-state index contributed by atoms with van der Waals surface area (Å²) in [7, 11) is 4.01. The number of hydrogen-bond acceptors (Lipinski definition) is 4. The van der Waals surface area contributed by atoms with E-state index < -0.39 is 0 Å². The summed E-state index contributed by atoms with van der Waals surface area (Å²) in [5.74, 6) is 1.21. The number of aromatic hydroxyl groups is 1. The van der Waals surface area contributed by atoms with Gasteiger partial charge in [-0.15, -0.1) is 0 Å². The monoisotopic (exact) mass is 379 g/mol. The van der Waals surface area contributed by atoms with E-state index in [4.69, 9.17) is 0 Å². The zero-order valence-corrected chi connectivity index (χ0v) is 15.1. The van der Waals surface area contributed by atoms with Crippen LogP contribution in [-0.4, -0.2) is 33.7 Å². The lowest BCUT2D eigenvalue weighted by Gasteiger charge is -2.16. The smallest absolute Gasteiger partial charge is 0.130 e. The summed E-state index contributed by atoms with van der Waals surface area (Å²) in [4.78, 5) is 4.63. The molecule has 2 heterocycles. The van der Waals surface area contributed by atoms with Crippen LogP contribution in [0.2, 0.25) is 0 Å². The van der Waals surface area contributed by atoms with Crippen molar-refractivity contribution in [1.82, 2.24) is 14.9 Å². The van der Waals surface area contributed by atoms with Crippen LogP contribution in [0, 0.1) is 0 Å². The third kappa shape index (κ3) is 2.30. The Bertz CT molecular complexity index is 846. The van der Waals surface area contributed by atoms with Crippen molar-refractivity contribution in [2.24, 2.45) is 7.05 Å². The average molecular weight is 380 g/mol. The third-order valence-corrected chi connectivity index (χ3v) is 5.50. The molecule has 0 amide bonds. The lowest BCUT2D eigenvalue weighted by molar-refractivity contribution is 0.473. The predicted molar refractivity (Wildman–Crippen MR) is 97.8 cm³/mol. The van der Waals surface area contributed by atoms with E-state index in [-0.39, 0.29) is 11.8 Å². The second-order valence-electron chi connectivity index (χ2n) is 5.24. The number of fused-ring (bicyclic) bond motifs is 3. The maximum atomic E-state index is 10.0. The standard InChI is InChI=1S/C16H18BrN3OS/c1-18-10(8-22-3)15-16-9(6-7-19-15)13-11(20(16)2)4-5-12(21)14(13)17/h4-7,10,18,21H,8H2,1-3H3/t10-/m0/s1. The van der Waals surface area contributed by atoms with E-state index in [1.165, 1.54) is 0 Å². The summed E-state index contributed by atoms with van der Waals surface area (Å²) < 4.78 is 2.89. The molecule has 116 valence electrons. The highest BCUT2D eigenvalue weighted by Gasteiger charge is 2.20. The molecule has 0 saturated carbocycles. The van der Waals surface area contributed by atoms with Crippen molar-refractivity contribution in [2.45, 2.75) is 6.04 Å². The van der Waals surface area contributed by atoms with Gasteiger partial charge in [-0.2, -0.15) is 11.8 Å². The van der Waals surface area contributed by atoms with Crippen LogP contribution < -0.4 is 5.32 Å². The molecule has 0 unspecified atom stereocenters. The number of phenolic OH excluding ortho intramolecular Hbond substituents is 1. The van der Waals surface area contributed by atoms with Crippen LogP contribution in [0.5, 0.6) is 5.75 Å². The van der Waals surface area contributed by atoms with Crippen LogP contribution in [0.4, 0.5) is 0 Å². The molecular weight excluding hydrogens is 362 g/mol. The first-order valence-corrected chi connectivity index (χ1v) is 9.19. The van der Waals surface area contributed by atoms with Crippen molar-refractivity contribution in [3.05, 3.63) is 34.6 Å². The van der Waals surface area contributed by atoms with Gasteiger partial charge in [-0.25, -0.2) is 0 Å². The van der Waals surface area contributed by atoms with Gasteiger partial charge in [0.1, 0.15) is 5.75 Å². The van der Waals surface area contributed by atoms with Crippen molar-refractivity contribution in [3.63, 3.8) is 0 Å². The number of nitrogens with zero attached hydrogens (tertiary/aromatic N) is 2. The molecule has 22 heavy (non-hydrogen) atoms. The molecule has 0 spiro atoms. The average Bonchev–Trinajstić information content (AvgIpc) is 2.82. The van der Waals surface area contributed by atoms with Gasteiger partial charge in [0.2, 0.25) is 0 Å². The number of aromatic nitrogens is 2. The molecule has 0 aliphatic heterocycles. The minimum atomic E-state index is 0.189. The number of thioether (sulfide) groups is 1. The van der Waals surface area contributed by atoms with Crippen LogP contribution in [0.3, 0.4) is 0 Å². The third-order valence-electron chi connectivity index (χ3n) is 4.03. The minimum absolute atomic E-state index is 0.189. The van der Waals surface area contributed by atoms with E-state index >= 15 is 0 Å². The molecule has 1 aromatic carbocycles. The van der Waals surface area contributed by atoms with Crippen molar-refractivity contribution >= 4 is 49.5 Å². The molecule has 2 N–H and O–H groups in total. The molecule has 0 fully saturated rings. The molecule has 3 aromatic rings. The van der Waals surface area contributed by atoms with Crippen LogP contribution in [0.1, 0.15) is 11.7 Å². The summed E-state index contributed by atoms with van der Waals surface area (Å²) in [6.07, 6.45) is 3.94. The molecule has 0 aliphatic rings. The normalized spacial score (nSPS) is 13.1.